The van der Waals surface area contributed by atoms with Gasteiger partial charge in [-0.2, -0.15) is 0 Å². The lowest BCUT2D eigenvalue weighted by Gasteiger charge is -2.06. The molecule has 0 aromatic heterocycles. The molecule has 0 aromatic carbocycles. The first-order chi connectivity index (χ1) is 4.62. The zero-order valence-corrected chi connectivity index (χ0v) is 5.80. The van der Waals surface area contributed by atoms with Gasteiger partial charge in [-0.3, -0.25) is 0 Å². The molecule has 0 spiro atoms. The molecule has 0 heterocycles. The van der Waals surface area contributed by atoms with Crippen molar-refractivity contribution in [1.29, 1.82) is 0 Å². The molecule has 1 amide bonds. The van der Waals surface area contributed by atoms with Crippen LogP contribution in [0.5, 0.6) is 0 Å². The average molecular weight is 144 g/mol. The molecular weight excluding hydrogens is 132 g/mol. The summed E-state index contributed by atoms with van der Waals surface area (Å²) in [5, 5.41) is 0. The lowest BCUT2D eigenvalue weighted by atomic mass is 10.2. The lowest BCUT2D eigenvalue weighted by Crippen LogP contribution is -2.25. The normalized spacial score (nSPS) is 20.1. The Kier molecular flexibility index (Phi) is 1.80. The van der Waals surface area contributed by atoms with E-state index in [1.807, 2.05) is 0 Å². The van der Waals surface area contributed by atoms with Gasteiger partial charge in [-0.15, -0.1) is 0 Å². The van der Waals surface area contributed by atoms with E-state index in [9.17, 15) is 4.79 Å². The molecule has 4 heteroatoms. The first-order valence-corrected chi connectivity index (χ1v) is 3.33. The standard InChI is InChI=1S/C6H12N2O2/c7-5(9)10-4-3-6(8)1-2-6/h1-4,8H2,(H2,7,9). The van der Waals surface area contributed by atoms with Crippen molar-refractivity contribution in [3.63, 3.8) is 0 Å². The molecule has 0 radical (unpaired) electrons. The fraction of sp³-hybridized carbons (Fsp3) is 0.833. The van der Waals surface area contributed by atoms with Gasteiger partial charge in [0.25, 0.3) is 0 Å². The number of hydrogen-bond donors (Lipinski definition) is 2. The third kappa shape index (κ3) is 2.23. The van der Waals surface area contributed by atoms with Crippen LogP contribution in [0.25, 0.3) is 0 Å². The summed E-state index contributed by atoms with van der Waals surface area (Å²) in [5.41, 5.74) is 10.4. The molecule has 1 rings (SSSR count). The van der Waals surface area contributed by atoms with Crippen LogP contribution in [0.4, 0.5) is 4.79 Å². The predicted molar refractivity (Wildman–Crippen MR) is 36.3 cm³/mol. The van der Waals surface area contributed by atoms with Gasteiger partial charge in [0.15, 0.2) is 0 Å². The molecule has 0 bridgehead atoms. The summed E-state index contributed by atoms with van der Waals surface area (Å²) >= 11 is 0. The molecule has 4 nitrogen and oxygen atoms in total. The van der Waals surface area contributed by atoms with Crippen molar-refractivity contribution in [2.45, 2.75) is 24.8 Å². The molecule has 0 atom stereocenters. The minimum Gasteiger partial charge on any atom is -0.450 e. The minimum absolute atomic E-state index is 0.0462. The maximum Gasteiger partial charge on any atom is 0.404 e. The topological polar surface area (TPSA) is 78.3 Å². The van der Waals surface area contributed by atoms with Crippen LogP contribution in [0.3, 0.4) is 0 Å². The van der Waals surface area contributed by atoms with E-state index in [0.29, 0.717) is 6.61 Å². The monoisotopic (exact) mass is 144 g/mol. The molecule has 58 valence electrons. The number of ether oxygens (including phenoxy) is 1. The zero-order chi connectivity index (χ0) is 7.61. The van der Waals surface area contributed by atoms with E-state index < -0.39 is 6.09 Å². The van der Waals surface area contributed by atoms with E-state index in [-0.39, 0.29) is 5.54 Å². The van der Waals surface area contributed by atoms with Gasteiger partial charge in [-0.05, 0) is 19.3 Å². The number of carbonyl (C=O) groups is 1. The van der Waals surface area contributed by atoms with Crippen LogP contribution < -0.4 is 11.5 Å². The van der Waals surface area contributed by atoms with Crippen molar-refractivity contribution >= 4 is 6.09 Å². The fourth-order valence-corrected chi connectivity index (χ4v) is 0.765. The highest BCUT2D eigenvalue weighted by Crippen LogP contribution is 2.35. The van der Waals surface area contributed by atoms with Gasteiger partial charge in [-0.1, -0.05) is 0 Å². The van der Waals surface area contributed by atoms with E-state index in [2.05, 4.69) is 4.74 Å². The van der Waals surface area contributed by atoms with Crippen LogP contribution in [0.2, 0.25) is 0 Å². The summed E-state index contributed by atoms with van der Waals surface area (Å²) in [7, 11) is 0. The van der Waals surface area contributed by atoms with Crippen molar-refractivity contribution in [2.24, 2.45) is 11.5 Å². The highest BCUT2D eigenvalue weighted by atomic mass is 16.5. The zero-order valence-electron chi connectivity index (χ0n) is 5.80. The van der Waals surface area contributed by atoms with Gasteiger partial charge in [-0.25, -0.2) is 4.79 Å². The molecular formula is C6H12N2O2. The smallest absolute Gasteiger partial charge is 0.404 e. The molecule has 1 fully saturated rings. The second-order valence-corrected chi connectivity index (χ2v) is 2.78. The van der Waals surface area contributed by atoms with Gasteiger partial charge in [0, 0.05) is 5.54 Å². The summed E-state index contributed by atoms with van der Waals surface area (Å²) in [6.45, 7) is 0.353. The summed E-state index contributed by atoms with van der Waals surface area (Å²) < 4.78 is 4.52. The van der Waals surface area contributed by atoms with Crippen molar-refractivity contribution in [3.8, 4) is 0 Å². The quantitative estimate of drug-likeness (QED) is 0.583. The number of hydrogen-bond acceptors (Lipinski definition) is 3. The second-order valence-electron chi connectivity index (χ2n) is 2.78. The molecule has 10 heavy (non-hydrogen) atoms. The summed E-state index contributed by atoms with van der Waals surface area (Å²) in [5.74, 6) is 0. The summed E-state index contributed by atoms with van der Waals surface area (Å²) in [6.07, 6.45) is 2.09. The van der Waals surface area contributed by atoms with Crippen molar-refractivity contribution < 1.29 is 9.53 Å². The summed E-state index contributed by atoms with van der Waals surface area (Å²) in [4.78, 5) is 10.1. The van der Waals surface area contributed by atoms with Crippen molar-refractivity contribution in [3.05, 3.63) is 0 Å². The van der Waals surface area contributed by atoms with E-state index in [1.54, 1.807) is 0 Å². The summed E-state index contributed by atoms with van der Waals surface area (Å²) in [6, 6.07) is 0. The van der Waals surface area contributed by atoms with Gasteiger partial charge < -0.3 is 16.2 Å². The van der Waals surface area contributed by atoms with Crippen molar-refractivity contribution in [1.82, 2.24) is 0 Å². The Morgan fingerprint density at radius 3 is 2.60 bits per heavy atom. The lowest BCUT2D eigenvalue weighted by molar-refractivity contribution is 0.152. The van der Waals surface area contributed by atoms with Crippen LogP contribution in [0, 0.1) is 0 Å². The molecule has 4 N–H and O–H groups in total. The third-order valence-electron chi connectivity index (χ3n) is 1.74. The Morgan fingerprint density at radius 1 is 1.60 bits per heavy atom. The Balaban J connectivity index is 2.00. The molecule has 0 aliphatic heterocycles. The van der Waals surface area contributed by atoms with E-state index in [0.717, 1.165) is 19.3 Å². The first kappa shape index (κ1) is 7.34. The van der Waals surface area contributed by atoms with Crippen LogP contribution in [0.15, 0.2) is 0 Å². The van der Waals surface area contributed by atoms with Crippen LogP contribution in [-0.4, -0.2) is 18.2 Å². The number of amides is 1. The molecule has 1 aliphatic carbocycles. The van der Waals surface area contributed by atoms with E-state index in [4.69, 9.17) is 11.5 Å². The van der Waals surface area contributed by atoms with Crippen LogP contribution in [0.1, 0.15) is 19.3 Å². The maximum absolute atomic E-state index is 10.1. The molecule has 0 aromatic rings. The maximum atomic E-state index is 10.1. The van der Waals surface area contributed by atoms with Gasteiger partial charge in [0.1, 0.15) is 0 Å². The first-order valence-electron chi connectivity index (χ1n) is 3.33. The SMILES string of the molecule is NC(=O)OCCC1(N)CC1. The van der Waals surface area contributed by atoms with E-state index in [1.165, 1.54) is 0 Å². The van der Waals surface area contributed by atoms with Crippen molar-refractivity contribution in [2.75, 3.05) is 6.61 Å². The molecule has 1 aliphatic rings. The largest absolute Gasteiger partial charge is 0.450 e. The average Bonchev–Trinajstić information content (AvgIpc) is 2.47. The second kappa shape index (κ2) is 2.46. The molecule has 1 saturated carbocycles. The number of primary amides is 1. The van der Waals surface area contributed by atoms with Gasteiger partial charge >= 0.3 is 6.09 Å². The Bertz CT molecular complexity index is 143. The Hall–Kier alpha value is -0.770. The van der Waals surface area contributed by atoms with Gasteiger partial charge in [0.05, 0.1) is 6.61 Å². The number of carbonyl (C=O) groups excluding carboxylic acids is 1. The number of rotatable bonds is 3. The third-order valence-corrected chi connectivity index (χ3v) is 1.74. The highest BCUT2D eigenvalue weighted by molar-refractivity contribution is 5.64. The molecule has 0 saturated heterocycles. The van der Waals surface area contributed by atoms with E-state index >= 15 is 0 Å². The highest BCUT2D eigenvalue weighted by Gasteiger charge is 2.37. The Labute approximate surface area is 59.5 Å². The predicted octanol–water partition coefficient (Wildman–Crippen LogP) is -0.0369. The van der Waals surface area contributed by atoms with Gasteiger partial charge in [0.2, 0.25) is 0 Å². The fourth-order valence-electron chi connectivity index (χ4n) is 0.765. The van der Waals surface area contributed by atoms with Crippen LogP contribution in [-0.2, 0) is 4.74 Å². The number of nitrogens with two attached hydrogens (primary N) is 2. The van der Waals surface area contributed by atoms with Crippen LogP contribution >= 0.6 is 0 Å². The minimum atomic E-state index is -0.718. The Morgan fingerprint density at radius 2 is 2.20 bits per heavy atom. The molecule has 0 unspecified atom stereocenters.